The maximum Gasteiger partial charge on any atom is 0.210 e. The van der Waals surface area contributed by atoms with E-state index in [1.165, 1.54) is 19.1 Å². The lowest BCUT2D eigenvalue weighted by molar-refractivity contribution is -0.128. The van der Waals surface area contributed by atoms with Crippen LogP contribution in [0.25, 0.3) is 11.3 Å². The number of ether oxygens (including phenoxy) is 1. The van der Waals surface area contributed by atoms with Crippen LogP contribution in [0.1, 0.15) is 55.1 Å². The van der Waals surface area contributed by atoms with Gasteiger partial charge in [-0.1, -0.05) is 37.6 Å². The molecule has 0 atom stereocenters. The molecule has 0 radical (unpaired) electrons. The van der Waals surface area contributed by atoms with E-state index in [9.17, 15) is 18.0 Å². The molecule has 0 spiro atoms. The van der Waals surface area contributed by atoms with Gasteiger partial charge >= 0.3 is 0 Å². The molecular formula is C23H23ClO5S. The van der Waals surface area contributed by atoms with Gasteiger partial charge in [0.25, 0.3) is 0 Å². The lowest BCUT2D eigenvalue weighted by Crippen LogP contribution is -2.35. The summed E-state index contributed by atoms with van der Waals surface area (Å²) in [5, 5.41) is 0.280. The van der Waals surface area contributed by atoms with E-state index in [1.54, 1.807) is 30.3 Å². The number of carbonyl (C=O) groups is 2. The average Bonchev–Trinajstić information content (AvgIpc) is 3.00. The summed E-state index contributed by atoms with van der Waals surface area (Å²) in [6.07, 6.45) is 2.08. The molecule has 0 saturated heterocycles. The second-order valence-corrected chi connectivity index (χ2v) is 9.81. The molecule has 158 valence electrons. The molecule has 5 nitrogen and oxygen atoms in total. The van der Waals surface area contributed by atoms with E-state index in [-0.39, 0.29) is 21.5 Å². The fourth-order valence-corrected chi connectivity index (χ4v) is 4.48. The molecule has 0 fully saturated rings. The van der Waals surface area contributed by atoms with E-state index in [0.29, 0.717) is 40.9 Å². The van der Waals surface area contributed by atoms with Gasteiger partial charge in [-0.2, -0.15) is 0 Å². The van der Waals surface area contributed by atoms with Gasteiger partial charge in [0.1, 0.15) is 5.76 Å². The van der Waals surface area contributed by atoms with Crippen molar-refractivity contribution in [3.8, 4) is 0 Å². The molecule has 0 bridgehead atoms. The van der Waals surface area contributed by atoms with Crippen LogP contribution in [0.3, 0.4) is 0 Å². The third-order valence-corrected chi connectivity index (χ3v) is 6.94. The third kappa shape index (κ3) is 3.82. The molecule has 1 aliphatic heterocycles. The van der Waals surface area contributed by atoms with E-state index in [0.717, 1.165) is 6.26 Å². The van der Waals surface area contributed by atoms with Gasteiger partial charge in [0.15, 0.2) is 21.2 Å². The first-order valence-corrected chi connectivity index (χ1v) is 11.9. The summed E-state index contributed by atoms with van der Waals surface area (Å²) in [6, 6.07) is 11.1. The quantitative estimate of drug-likeness (QED) is 0.585. The molecule has 0 aliphatic carbocycles. The Hall–Kier alpha value is -2.44. The lowest BCUT2D eigenvalue weighted by atomic mass is 9.86. The first-order valence-electron chi connectivity index (χ1n) is 9.63. The highest BCUT2D eigenvalue weighted by Crippen LogP contribution is 2.46. The monoisotopic (exact) mass is 446 g/mol. The fourth-order valence-electron chi connectivity index (χ4n) is 3.58. The number of benzene rings is 2. The number of ketones is 2. The van der Waals surface area contributed by atoms with Crippen molar-refractivity contribution in [1.82, 2.24) is 0 Å². The van der Waals surface area contributed by atoms with Crippen LogP contribution in [0.15, 0.2) is 47.4 Å². The van der Waals surface area contributed by atoms with Crippen molar-refractivity contribution in [3.63, 3.8) is 0 Å². The van der Waals surface area contributed by atoms with Gasteiger partial charge < -0.3 is 4.74 Å². The van der Waals surface area contributed by atoms with Crippen LogP contribution in [0.2, 0.25) is 5.02 Å². The minimum absolute atomic E-state index is 0.125. The Morgan fingerprint density at radius 3 is 2.13 bits per heavy atom. The molecule has 1 heterocycles. The molecule has 2 aromatic carbocycles. The number of Topliss-reactive ketones (excluding diaryl/α,β-unsaturated/α-hetero) is 2. The van der Waals surface area contributed by atoms with Gasteiger partial charge in [0.05, 0.1) is 10.5 Å². The summed E-state index contributed by atoms with van der Waals surface area (Å²) in [5.41, 5.74) is 0.847. The highest BCUT2D eigenvalue weighted by Gasteiger charge is 2.47. The van der Waals surface area contributed by atoms with E-state index in [1.807, 2.05) is 13.8 Å². The molecule has 0 saturated carbocycles. The molecule has 30 heavy (non-hydrogen) atoms. The number of halogens is 1. The third-order valence-electron chi connectivity index (χ3n) is 5.50. The summed E-state index contributed by atoms with van der Waals surface area (Å²) in [5.74, 6) is 0.0628. The van der Waals surface area contributed by atoms with Crippen LogP contribution < -0.4 is 0 Å². The topological polar surface area (TPSA) is 77.5 Å². The molecule has 7 heteroatoms. The van der Waals surface area contributed by atoms with Crippen LogP contribution in [0.5, 0.6) is 0 Å². The first kappa shape index (κ1) is 22.2. The Morgan fingerprint density at radius 2 is 1.67 bits per heavy atom. The predicted molar refractivity (Wildman–Crippen MR) is 117 cm³/mol. The minimum atomic E-state index is -3.35. The largest absolute Gasteiger partial charge is 0.478 e. The van der Waals surface area contributed by atoms with Crippen LogP contribution in [0, 0.1) is 0 Å². The maximum absolute atomic E-state index is 13.5. The number of sulfone groups is 1. The molecule has 0 unspecified atom stereocenters. The van der Waals surface area contributed by atoms with Gasteiger partial charge in [-0.15, -0.1) is 0 Å². The number of carbonyl (C=O) groups excluding carboxylic acids is 2. The van der Waals surface area contributed by atoms with Gasteiger partial charge in [-0.3, -0.25) is 9.59 Å². The van der Waals surface area contributed by atoms with Crippen molar-refractivity contribution in [2.75, 3.05) is 6.26 Å². The van der Waals surface area contributed by atoms with Crippen molar-refractivity contribution in [3.05, 3.63) is 64.2 Å². The van der Waals surface area contributed by atoms with Crippen molar-refractivity contribution >= 4 is 44.3 Å². The summed E-state index contributed by atoms with van der Waals surface area (Å²) in [7, 11) is -3.35. The van der Waals surface area contributed by atoms with Crippen LogP contribution in [-0.4, -0.2) is 31.8 Å². The highest BCUT2D eigenvalue weighted by atomic mass is 35.5. The Kier molecular flexibility index (Phi) is 5.94. The standard InChI is InChI=1S/C23H23ClO5S/c1-5-23(6-2)22(26)20(18-12-9-16(14(3)25)13-19(18)24)21(29-23)15-7-10-17(11-8-15)30(4,27)28/h7-13H,5-6H2,1-4H3. The normalized spacial score (nSPS) is 16.0. The minimum Gasteiger partial charge on any atom is -0.478 e. The molecule has 0 aromatic heterocycles. The summed E-state index contributed by atoms with van der Waals surface area (Å²) < 4.78 is 29.8. The zero-order chi connectivity index (χ0) is 22.3. The Bertz CT molecular complexity index is 1160. The van der Waals surface area contributed by atoms with Crippen LogP contribution in [0.4, 0.5) is 0 Å². The van der Waals surface area contributed by atoms with Gasteiger partial charge in [0.2, 0.25) is 5.78 Å². The average molecular weight is 447 g/mol. The predicted octanol–water partition coefficient (Wildman–Crippen LogP) is 4.97. The van der Waals surface area contributed by atoms with E-state index < -0.39 is 15.4 Å². The second-order valence-electron chi connectivity index (χ2n) is 7.38. The molecule has 2 aromatic rings. The Labute approximate surface area is 181 Å². The van der Waals surface area contributed by atoms with Crippen LogP contribution >= 0.6 is 11.6 Å². The van der Waals surface area contributed by atoms with E-state index in [2.05, 4.69) is 0 Å². The van der Waals surface area contributed by atoms with Crippen LogP contribution in [-0.2, 0) is 19.4 Å². The number of rotatable bonds is 6. The second kappa shape index (κ2) is 8.00. The van der Waals surface area contributed by atoms with Crippen molar-refractivity contribution in [2.45, 2.75) is 44.1 Å². The van der Waals surface area contributed by atoms with Gasteiger partial charge in [-0.25, -0.2) is 8.42 Å². The van der Waals surface area contributed by atoms with Gasteiger partial charge in [0, 0.05) is 28.0 Å². The molecular weight excluding hydrogens is 424 g/mol. The lowest BCUT2D eigenvalue weighted by Gasteiger charge is -2.25. The van der Waals surface area contributed by atoms with Gasteiger partial charge in [-0.05, 0) is 50.1 Å². The zero-order valence-electron chi connectivity index (χ0n) is 17.3. The molecule has 3 rings (SSSR count). The van der Waals surface area contributed by atoms with E-state index in [4.69, 9.17) is 16.3 Å². The molecule has 0 amide bonds. The number of hydrogen-bond acceptors (Lipinski definition) is 5. The van der Waals surface area contributed by atoms with Crippen molar-refractivity contribution < 1.29 is 22.7 Å². The molecule has 1 aliphatic rings. The highest BCUT2D eigenvalue weighted by molar-refractivity contribution is 7.90. The Balaban J connectivity index is 2.22. The SMILES string of the molecule is CCC1(CC)OC(c2ccc(S(C)(=O)=O)cc2)=C(c2ccc(C(C)=O)cc2Cl)C1=O. The summed E-state index contributed by atoms with van der Waals surface area (Å²) >= 11 is 6.46. The van der Waals surface area contributed by atoms with Crippen molar-refractivity contribution in [1.29, 1.82) is 0 Å². The fraction of sp³-hybridized carbons (Fsp3) is 0.304. The summed E-state index contributed by atoms with van der Waals surface area (Å²) in [6.45, 7) is 5.22. The number of hydrogen-bond donors (Lipinski definition) is 0. The smallest absolute Gasteiger partial charge is 0.210 e. The maximum atomic E-state index is 13.5. The van der Waals surface area contributed by atoms with E-state index >= 15 is 0 Å². The summed E-state index contributed by atoms with van der Waals surface area (Å²) in [4.78, 5) is 25.3. The zero-order valence-corrected chi connectivity index (χ0v) is 18.9. The first-order chi connectivity index (χ1) is 14.0. The van der Waals surface area contributed by atoms with Crippen molar-refractivity contribution in [2.24, 2.45) is 0 Å². The molecule has 0 N–H and O–H groups in total. The Morgan fingerprint density at radius 1 is 1.07 bits per heavy atom.